The molecule has 2 aromatic heterocycles. The molecule has 8 heteroatoms. The SMILES string of the molecule is CCCSc1nnc(NC(=O)c2c(C)noc2-c2ccccc2)s1. The lowest BCUT2D eigenvalue weighted by atomic mass is 10.1. The summed E-state index contributed by atoms with van der Waals surface area (Å²) in [4.78, 5) is 12.6. The standard InChI is InChI=1S/C16H16N4O2S2/c1-3-9-23-16-19-18-15(24-16)17-14(21)12-10(2)20-22-13(12)11-7-5-4-6-8-11/h4-8H,3,9H2,1-2H3,(H,17,18,21). The lowest BCUT2D eigenvalue weighted by Crippen LogP contribution is -2.13. The highest BCUT2D eigenvalue weighted by Crippen LogP contribution is 2.29. The van der Waals surface area contributed by atoms with Crippen LogP contribution in [0.4, 0.5) is 5.13 Å². The van der Waals surface area contributed by atoms with Crippen molar-refractivity contribution < 1.29 is 9.32 Å². The molecule has 0 aliphatic rings. The second kappa shape index (κ2) is 7.59. The van der Waals surface area contributed by atoms with Gasteiger partial charge in [0.25, 0.3) is 5.91 Å². The molecule has 1 amide bonds. The molecular weight excluding hydrogens is 344 g/mol. The molecule has 24 heavy (non-hydrogen) atoms. The van der Waals surface area contributed by atoms with Gasteiger partial charge in [0.15, 0.2) is 10.1 Å². The molecule has 0 saturated carbocycles. The van der Waals surface area contributed by atoms with Gasteiger partial charge in [-0.2, -0.15) is 0 Å². The van der Waals surface area contributed by atoms with Crippen molar-refractivity contribution in [2.45, 2.75) is 24.6 Å². The first kappa shape index (κ1) is 16.7. The number of nitrogens with zero attached hydrogens (tertiary/aromatic N) is 3. The zero-order chi connectivity index (χ0) is 16.9. The Hall–Kier alpha value is -2.19. The second-order valence-corrected chi connectivity index (χ2v) is 7.33. The molecule has 0 fully saturated rings. The normalized spacial score (nSPS) is 10.8. The number of aromatic nitrogens is 3. The molecule has 0 aliphatic heterocycles. The molecule has 0 bridgehead atoms. The lowest BCUT2D eigenvalue weighted by Gasteiger charge is -2.02. The van der Waals surface area contributed by atoms with Gasteiger partial charge in [-0.05, 0) is 13.3 Å². The fourth-order valence-electron chi connectivity index (χ4n) is 2.09. The van der Waals surface area contributed by atoms with Crippen molar-refractivity contribution in [3.8, 4) is 11.3 Å². The van der Waals surface area contributed by atoms with E-state index < -0.39 is 0 Å². The molecule has 3 rings (SSSR count). The number of benzene rings is 1. The third-order valence-electron chi connectivity index (χ3n) is 3.18. The first-order valence-corrected chi connectivity index (χ1v) is 9.28. The van der Waals surface area contributed by atoms with Crippen LogP contribution in [0.25, 0.3) is 11.3 Å². The Morgan fingerprint density at radius 1 is 1.29 bits per heavy atom. The van der Waals surface area contributed by atoms with Gasteiger partial charge >= 0.3 is 0 Å². The molecule has 0 saturated heterocycles. The van der Waals surface area contributed by atoms with Crippen molar-refractivity contribution in [2.24, 2.45) is 0 Å². The Labute approximate surface area is 147 Å². The number of amides is 1. The van der Waals surface area contributed by atoms with E-state index in [1.165, 1.54) is 11.3 Å². The van der Waals surface area contributed by atoms with E-state index in [-0.39, 0.29) is 5.91 Å². The summed E-state index contributed by atoms with van der Waals surface area (Å²) in [5.74, 6) is 1.14. The fourth-order valence-corrected chi connectivity index (χ4v) is 3.76. The van der Waals surface area contributed by atoms with E-state index >= 15 is 0 Å². The topological polar surface area (TPSA) is 80.9 Å². The maximum Gasteiger partial charge on any atom is 0.263 e. The van der Waals surface area contributed by atoms with Crippen molar-refractivity contribution in [3.63, 3.8) is 0 Å². The number of hydrogen-bond acceptors (Lipinski definition) is 7. The van der Waals surface area contributed by atoms with E-state index in [2.05, 4.69) is 27.6 Å². The van der Waals surface area contributed by atoms with Gasteiger partial charge in [-0.3, -0.25) is 10.1 Å². The maximum absolute atomic E-state index is 12.6. The highest BCUT2D eigenvalue weighted by molar-refractivity contribution is 8.01. The highest BCUT2D eigenvalue weighted by atomic mass is 32.2. The minimum absolute atomic E-state index is 0.296. The number of rotatable bonds is 6. The van der Waals surface area contributed by atoms with Gasteiger partial charge in [-0.25, -0.2) is 0 Å². The summed E-state index contributed by atoms with van der Waals surface area (Å²) < 4.78 is 6.20. The van der Waals surface area contributed by atoms with Crippen LogP contribution in [-0.2, 0) is 0 Å². The van der Waals surface area contributed by atoms with Gasteiger partial charge in [-0.1, -0.05) is 65.5 Å². The molecular formula is C16H16N4O2S2. The van der Waals surface area contributed by atoms with Crippen molar-refractivity contribution in [2.75, 3.05) is 11.1 Å². The van der Waals surface area contributed by atoms with Crippen LogP contribution in [0, 0.1) is 6.92 Å². The van der Waals surface area contributed by atoms with Crippen molar-refractivity contribution in [3.05, 3.63) is 41.6 Å². The summed E-state index contributed by atoms with van der Waals surface area (Å²) in [6.07, 6.45) is 1.06. The summed E-state index contributed by atoms with van der Waals surface area (Å²) in [6.45, 7) is 3.85. The summed E-state index contributed by atoms with van der Waals surface area (Å²) in [7, 11) is 0. The minimum Gasteiger partial charge on any atom is -0.355 e. The predicted octanol–water partition coefficient (Wildman–Crippen LogP) is 4.26. The van der Waals surface area contributed by atoms with Gasteiger partial charge in [0, 0.05) is 11.3 Å². The Morgan fingerprint density at radius 3 is 2.83 bits per heavy atom. The van der Waals surface area contributed by atoms with E-state index in [1.54, 1.807) is 18.7 Å². The summed E-state index contributed by atoms with van der Waals surface area (Å²) in [6, 6.07) is 9.43. The number of carbonyl (C=O) groups is 1. The molecule has 1 aromatic carbocycles. The number of carbonyl (C=O) groups excluding carboxylic acids is 1. The Morgan fingerprint density at radius 2 is 2.08 bits per heavy atom. The number of thioether (sulfide) groups is 1. The number of aryl methyl sites for hydroxylation is 1. The molecule has 0 unspecified atom stereocenters. The first-order chi connectivity index (χ1) is 11.7. The molecule has 1 N–H and O–H groups in total. The third-order valence-corrected chi connectivity index (χ3v) is 5.36. The summed E-state index contributed by atoms with van der Waals surface area (Å²) in [5.41, 5.74) is 1.76. The third kappa shape index (κ3) is 3.65. The fraction of sp³-hybridized carbons (Fsp3) is 0.250. The number of nitrogens with one attached hydrogen (secondary N) is 1. The van der Waals surface area contributed by atoms with E-state index in [9.17, 15) is 4.79 Å². The molecule has 6 nitrogen and oxygen atoms in total. The van der Waals surface area contributed by atoms with E-state index in [4.69, 9.17) is 4.52 Å². The van der Waals surface area contributed by atoms with E-state index in [0.29, 0.717) is 22.1 Å². The molecule has 0 atom stereocenters. The molecule has 0 radical (unpaired) electrons. The van der Waals surface area contributed by atoms with Crippen LogP contribution in [-0.4, -0.2) is 27.0 Å². The first-order valence-electron chi connectivity index (χ1n) is 7.48. The van der Waals surface area contributed by atoms with Crippen molar-refractivity contribution in [1.82, 2.24) is 15.4 Å². The maximum atomic E-state index is 12.6. The van der Waals surface area contributed by atoms with Gasteiger partial charge < -0.3 is 4.52 Å². The van der Waals surface area contributed by atoms with Crippen LogP contribution in [0.2, 0.25) is 0 Å². The van der Waals surface area contributed by atoms with Crippen molar-refractivity contribution >= 4 is 34.1 Å². The lowest BCUT2D eigenvalue weighted by molar-refractivity contribution is 0.102. The molecule has 124 valence electrons. The van der Waals surface area contributed by atoms with Crippen LogP contribution < -0.4 is 5.32 Å². The minimum atomic E-state index is -0.296. The quantitative estimate of drug-likeness (QED) is 0.523. The monoisotopic (exact) mass is 360 g/mol. The zero-order valence-corrected chi connectivity index (χ0v) is 14.9. The number of anilines is 1. The smallest absolute Gasteiger partial charge is 0.263 e. The van der Waals surface area contributed by atoms with Crippen LogP contribution in [0.15, 0.2) is 39.2 Å². The number of hydrogen-bond donors (Lipinski definition) is 1. The Bertz CT molecular complexity index is 830. The van der Waals surface area contributed by atoms with Crippen LogP contribution in [0.5, 0.6) is 0 Å². The largest absolute Gasteiger partial charge is 0.355 e. The van der Waals surface area contributed by atoms with E-state index in [0.717, 1.165) is 22.1 Å². The highest BCUT2D eigenvalue weighted by Gasteiger charge is 2.22. The second-order valence-electron chi connectivity index (χ2n) is 5.01. The predicted molar refractivity (Wildman–Crippen MR) is 95.6 cm³/mol. The van der Waals surface area contributed by atoms with Crippen LogP contribution >= 0.6 is 23.1 Å². The van der Waals surface area contributed by atoms with Gasteiger partial charge in [-0.15, -0.1) is 10.2 Å². The summed E-state index contributed by atoms with van der Waals surface area (Å²) >= 11 is 3.00. The molecule has 0 aliphatic carbocycles. The van der Waals surface area contributed by atoms with Crippen LogP contribution in [0.3, 0.4) is 0 Å². The van der Waals surface area contributed by atoms with Crippen LogP contribution in [0.1, 0.15) is 29.4 Å². The van der Waals surface area contributed by atoms with Gasteiger partial charge in [0.1, 0.15) is 5.56 Å². The molecule has 2 heterocycles. The average Bonchev–Trinajstić information content (AvgIpc) is 3.20. The Balaban J connectivity index is 1.81. The van der Waals surface area contributed by atoms with E-state index in [1.807, 2.05) is 30.3 Å². The zero-order valence-electron chi connectivity index (χ0n) is 13.3. The van der Waals surface area contributed by atoms with Gasteiger partial charge in [0.2, 0.25) is 5.13 Å². The molecule has 0 spiro atoms. The van der Waals surface area contributed by atoms with Crippen molar-refractivity contribution in [1.29, 1.82) is 0 Å². The van der Waals surface area contributed by atoms with Gasteiger partial charge in [0.05, 0.1) is 5.69 Å². The molecule has 3 aromatic rings. The summed E-state index contributed by atoms with van der Waals surface area (Å²) in [5, 5.41) is 15.3. The average molecular weight is 360 g/mol. The Kier molecular flexibility index (Phi) is 5.27.